The molecule has 1 aliphatic rings. The second kappa shape index (κ2) is 4.73. The molecule has 2 aromatic rings. The van der Waals surface area contributed by atoms with Gasteiger partial charge in [0, 0.05) is 20.4 Å². The molecule has 90 valence electrons. The van der Waals surface area contributed by atoms with Gasteiger partial charge in [-0.15, -0.1) is 0 Å². The molecule has 1 unspecified atom stereocenters. The fourth-order valence-electron chi connectivity index (χ4n) is 2.30. The van der Waals surface area contributed by atoms with Gasteiger partial charge in [-0.2, -0.15) is 0 Å². The standard InChI is InChI=1S/C15H9BrCl2/c16-14-7-10-3-6-12(18)8-13(10)15(14)9-1-4-11(17)5-2-9/h1-8,15H. The van der Waals surface area contributed by atoms with E-state index < -0.39 is 0 Å². The molecule has 0 radical (unpaired) electrons. The number of hydrogen-bond acceptors (Lipinski definition) is 0. The predicted molar refractivity (Wildman–Crippen MR) is 81.7 cm³/mol. The van der Waals surface area contributed by atoms with Gasteiger partial charge in [0.15, 0.2) is 0 Å². The van der Waals surface area contributed by atoms with Gasteiger partial charge in [0.25, 0.3) is 0 Å². The molecule has 0 bridgehead atoms. The molecule has 3 rings (SSSR count). The summed E-state index contributed by atoms with van der Waals surface area (Å²) in [6.45, 7) is 0. The molecule has 1 atom stereocenters. The number of hydrogen-bond donors (Lipinski definition) is 0. The van der Waals surface area contributed by atoms with Crippen LogP contribution < -0.4 is 0 Å². The number of allylic oxidation sites excluding steroid dienone is 1. The van der Waals surface area contributed by atoms with E-state index in [9.17, 15) is 0 Å². The molecular weight excluding hydrogens is 331 g/mol. The van der Waals surface area contributed by atoms with Crippen LogP contribution in [0.15, 0.2) is 46.9 Å². The highest BCUT2D eigenvalue weighted by Crippen LogP contribution is 2.44. The lowest BCUT2D eigenvalue weighted by Gasteiger charge is -2.14. The smallest absolute Gasteiger partial charge is 0.0412 e. The lowest BCUT2D eigenvalue weighted by Crippen LogP contribution is -1.98. The molecule has 0 N–H and O–H groups in total. The van der Waals surface area contributed by atoms with Crippen molar-refractivity contribution in [3.8, 4) is 0 Å². The second-order valence-corrected chi connectivity index (χ2v) is 6.08. The number of halogens is 3. The third-order valence-electron chi connectivity index (χ3n) is 3.13. The Balaban J connectivity index is 2.12. The summed E-state index contributed by atoms with van der Waals surface area (Å²) in [7, 11) is 0. The van der Waals surface area contributed by atoms with Crippen LogP contribution in [0.4, 0.5) is 0 Å². The van der Waals surface area contributed by atoms with E-state index in [2.05, 4.69) is 40.2 Å². The van der Waals surface area contributed by atoms with Crippen LogP contribution >= 0.6 is 39.1 Å². The van der Waals surface area contributed by atoms with E-state index in [-0.39, 0.29) is 5.92 Å². The summed E-state index contributed by atoms with van der Waals surface area (Å²) >= 11 is 15.7. The van der Waals surface area contributed by atoms with Crippen LogP contribution in [0, 0.1) is 0 Å². The van der Waals surface area contributed by atoms with E-state index in [0.29, 0.717) is 0 Å². The van der Waals surface area contributed by atoms with Crippen molar-refractivity contribution >= 4 is 45.2 Å². The summed E-state index contributed by atoms with van der Waals surface area (Å²) in [5.41, 5.74) is 3.66. The average Bonchev–Trinajstić information content (AvgIpc) is 2.66. The van der Waals surface area contributed by atoms with E-state index in [1.807, 2.05) is 24.3 Å². The first kappa shape index (κ1) is 12.3. The first-order valence-corrected chi connectivity index (χ1v) is 7.12. The first-order valence-electron chi connectivity index (χ1n) is 5.57. The van der Waals surface area contributed by atoms with Crippen molar-refractivity contribution in [1.82, 2.24) is 0 Å². The van der Waals surface area contributed by atoms with E-state index in [1.165, 1.54) is 16.7 Å². The van der Waals surface area contributed by atoms with Gasteiger partial charge in [-0.3, -0.25) is 0 Å². The quantitative estimate of drug-likeness (QED) is 0.609. The molecule has 0 aromatic heterocycles. The number of rotatable bonds is 1. The van der Waals surface area contributed by atoms with E-state index in [1.54, 1.807) is 0 Å². The van der Waals surface area contributed by atoms with Gasteiger partial charge in [0.05, 0.1) is 0 Å². The highest BCUT2D eigenvalue weighted by molar-refractivity contribution is 9.11. The van der Waals surface area contributed by atoms with Crippen LogP contribution in [-0.4, -0.2) is 0 Å². The van der Waals surface area contributed by atoms with Crippen LogP contribution in [0.1, 0.15) is 22.6 Å². The molecule has 0 fully saturated rings. The fraction of sp³-hybridized carbons (Fsp3) is 0.0667. The molecule has 0 aliphatic heterocycles. The highest BCUT2D eigenvalue weighted by atomic mass is 79.9. The van der Waals surface area contributed by atoms with Crippen LogP contribution in [0.5, 0.6) is 0 Å². The van der Waals surface area contributed by atoms with E-state index in [4.69, 9.17) is 23.2 Å². The topological polar surface area (TPSA) is 0 Å². The lowest BCUT2D eigenvalue weighted by molar-refractivity contribution is 1.04. The summed E-state index contributed by atoms with van der Waals surface area (Å²) in [6, 6.07) is 13.9. The second-order valence-electron chi connectivity index (χ2n) is 4.29. The maximum absolute atomic E-state index is 6.09. The van der Waals surface area contributed by atoms with Crippen molar-refractivity contribution in [2.24, 2.45) is 0 Å². The van der Waals surface area contributed by atoms with Gasteiger partial charge in [0.2, 0.25) is 0 Å². The minimum Gasteiger partial charge on any atom is -0.0843 e. The SMILES string of the molecule is Clc1ccc(C2C(Br)=Cc3ccc(Cl)cc32)cc1. The molecule has 18 heavy (non-hydrogen) atoms. The summed E-state index contributed by atoms with van der Waals surface area (Å²) in [6.07, 6.45) is 2.14. The Morgan fingerprint density at radius 1 is 0.889 bits per heavy atom. The van der Waals surface area contributed by atoms with Gasteiger partial charge in [0.1, 0.15) is 0 Å². The van der Waals surface area contributed by atoms with Gasteiger partial charge < -0.3 is 0 Å². The van der Waals surface area contributed by atoms with Crippen LogP contribution in [0.25, 0.3) is 6.08 Å². The third-order valence-corrected chi connectivity index (χ3v) is 4.31. The largest absolute Gasteiger partial charge is 0.0843 e. The summed E-state index contributed by atoms with van der Waals surface area (Å²) in [5.74, 6) is 0.218. The van der Waals surface area contributed by atoms with Crippen molar-refractivity contribution in [3.05, 3.63) is 73.7 Å². The lowest BCUT2D eigenvalue weighted by atomic mass is 9.93. The van der Waals surface area contributed by atoms with Crippen molar-refractivity contribution < 1.29 is 0 Å². The maximum atomic E-state index is 6.09. The number of fused-ring (bicyclic) bond motifs is 1. The number of benzene rings is 2. The van der Waals surface area contributed by atoms with Crippen molar-refractivity contribution in [1.29, 1.82) is 0 Å². The Morgan fingerprint density at radius 2 is 1.56 bits per heavy atom. The molecule has 2 aromatic carbocycles. The monoisotopic (exact) mass is 338 g/mol. The van der Waals surface area contributed by atoms with Crippen molar-refractivity contribution in [2.45, 2.75) is 5.92 Å². The minimum absolute atomic E-state index is 0.218. The van der Waals surface area contributed by atoms with Crippen LogP contribution in [0.3, 0.4) is 0 Å². The van der Waals surface area contributed by atoms with E-state index in [0.717, 1.165) is 14.5 Å². The zero-order valence-electron chi connectivity index (χ0n) is 9.33. The molecule has 0 saturated carbocycles. The van der Waals surface area contributed by atoms with Gasteiger partial charge in [-0.05, 0) is 47.0 Å². The Bertz CT molecular complexity index is 629. The summed E-state index contributed by atoms with van der Waals surface area (Å²) in [5, 5.41) is 1.52. The molecule has 1 aliphatic carbocycles. The Labute approximate surface area is 124 Å². The Hall–Kier alpha value is -0.760. The molecule has 0 spiro atoms. The van der Waals surface area contributed by atoms with Gasteiger partial charge >= 0.3 is 0 Å². The molecule has 0 heterocycles. The summed E-state index contributed by atoms with van der Waals surface area (Å²) in [4.78, 5) is 0. The van der Waals surface area contributed by atoms with Crippen molar-refractivity contribution in [3.63, 3.8) is 0 Å². The predicted octanol–water partition coefficient (Wildman–Crippen LogP) is 5.87. The highest BCUT2D eigenvalue weighted by Gasteiger charge is 2.25. The Morgan fingerprint density at radius 3 is 2.28 bits per heavy atom. The molecule has 3 heteroatoms. The molecule has 0 nitrogen and oxygen atoms in total. The summed E-state index contributed by atoms with van der Waals surface area (Å²) < 4.78 is 1.15. The van der Waals surface area contributed by atoms with Crippen molar-refractivity contribution in [2.75, 3.05) is 0 Å². The molecule has 0 amide bonds. The van der Waals surface area contributed by atoms with Crippen LogP contribution in [-0.2, 0) is 0 Å². The maximum Gasteiger partial charge on any atom is 0.0412 e. The molecule has 0 saturated heterocycles. The van der Waals surface area contributed by atoms with Crippen LogP contribution in [0.2, 0.25) is 10.0 Å². The van der Waals surface area contributed by atoms with Gasteiger partial charge in [-0.25, -0.2) is 0 Å². The van der Waals surface area contributed by atoms with Gasteiger partial charge in [-0.1, -0.05) is 57.3 Å². The van der Waals surface area contributed by atoms with E-state index >= 15 is 0 Å². The normalized spacial score (nSPS) is 17.5. The molecular formula is C15H9BrCl2. The fourth-order valence-corrected chi connectivity index (χ4v) is 3.37. The average molecular weight is 340 g/mol. The first-order chi connectivity index (χ1) is 8.65. The zero-order chi connectivity index (χ0) is 12.7. The third kappa shape index (κ3) is 2.11. The zero-order valence-corrected chi connectivity index (χ0v) is 12.4. The Kier molecular flexibility index (Phi) is 3.23. The minimum atomic E-state index is 0.218.